The largest absolute Gasteiger partial charge is 0.454 e. The van der Waals surface area contributed by atoms with Crippen LogP contribution in [0.1, 0.15) is 15.2 Å². The summed E-state index contributed by atoms with van der Waals surface area (Å²) >= 11 is 1.64. The van der Waals surface area contributed by atoms with Gasteiger partial charge in [-0.3, -0.25) is 4.79 Å². The predicted octanol–water partition coefficient (Wildman–Crippen LogP) is 2.08. The number of amides is 1. The van der Waals surface area contributed by atoms with Crippen LogP contribution >= 0.6 is 11.3 Å². The van der Waals surface area contributed by atoms with E-state index in [4.69, 9.17) is 14.2 Å². The van der Waals surface area contributed by atoms with Crippen molar-refractivity contribution in [3.63, 3.8) is 0 Å². The number of nitrogens with zero attached hydrogens (tertiary/aromatic N) is 2. The van der Waals surface area contributed by atoms with Gasteiger partial charge in [-0.25, -0.2) is 5.43 Å². The molecule has 25 heavy (non-hydrogen) atoms. The van der Waals surface area contributed by atoms with Crippen molar-refractivity contribution in [2.75, 3.05) is 38.0 Å². The van der Waals surface area contributed by atoms with Crippen molar-refractivity contribution in [1.82, 2.24) is 5.43 Å². The van der Waals surface area contributed by atoms with Crippen molar-refractivity contribution >= 4 is 28.5 Å². The summed E-state index contributed by atoms with van der Waals surface area (Å²) in [4.78, 5) is 15.4. The molecule has 130 valence electrons. The summed E-state index contributed by atoms with van der Waals surface area (Å²) in [6.45, 7) is 3.50. The molecule has 0 saturated carbocycles. The number of nitrogens with one attached hydrogen (secondary N) is 1. The molecule has 1 aromatic carbocycles. The molecular formula is C17H17N3O4S. The van der Waals surface area contributed by atoms with Crippen LogP contribution in [-0.4, -0.2) is 45.2 Å². The highest BCUT2D eigenvalue weighted by Gasteiger charge is 2.16. The predicted molar refractivity (Wildman–Crippen MR) is 95.0 cm³/mol. The van der Waals surface area contributed by atoms with E-state index in [1.54, 1.807) is 35.8 Å². The smallest absolute Gasteiger partial charge is 0.271 e. The average molecular weight is 359 g/mol. The first-order valence-electron chi connectivity index (χ1n) is 7.95. The Morgan fingerprint density at radius 3 is 2.88 bits per heavy atom. The summed E-state index contributed by atoms with van der Waals surface area (Å²) < 4.78 is 15.9. The molecule has 0 radical (unpaired) electrons. The Morgan fingerprint density at radius 1 is 1.16 bits per heavy atom. The number of ether oxygens (including phenoxy) is 3. The number of hydrogen-bond acceptors (Lipinski definition) is 7. The SMILES string of the molecule is O=C(NN=Cc1ccc(N2CCOCC2)s1)c1ccc2c(c1)OCO2. The van der Waals surface area contributed by atoms with Crippen LogP contribution in [0.2, 0.25) is 0 Å². The second-order valence-corrected chi connectivity index (χ2v) is 6.64. The molecule has 1 N–H and O–H groups in total. The van der Waals surface area contributed by atoms with Gasteiger partial charge in [-0.15, -0.1) is 11.3 Å². The second kappa shape index (κ2) is 7.12. The summed E-state index contributed by atoms with van der Waals surface area (Å²) in [7, 11) is 0. The number of fused-ring (bicyclic) bond motifs is 1. The van der Waals surface area contributed by atoms with Gasteiger partial charge in [0.2, 0.25) is 6.79 Å². The van der Waals surface area contributed by atoms with Crippen LogP contribution in [0, 0.1) is 0 Å². The van der Waals surface area contributed by atoms with Crippen molar-refractivity contribution < 1.29 is 19.0 Å². The zero-order valence-corrected chi connectivity index (χ0v) is 14.3. The van der Waals surface area contributed by atoms with Gasteiger partial charge in [0.15, 0.2) is 11.5 Å². The van der Waals surface area contributed by atoms with Gasteiger partial charge in [-0.2, -0.15) is 5.10 Å². The zero-order chi connectivity index (χ0) is 17.1. The molecule has 2 aliphatic rings. The van der Waals surface area contributed by atoms with Gasteiger partial charge in [0.1, 0.15) is 0 Å². The molecule has 2 aliphatic heterocycles. The monoisotopic (exact) mass is 359 g/mol. The van der Waals surface area contributed by atoms with E-state index in [0.717, 1.165) is 31.2 Å². The Morgan fingerprint density at radius 2 is 2.00 bits per heavy atom. The average Bonchev–Trinajstić information content (AvgIpc) is 3.31. The van der Waals surface area contributed by atoms with E-state index in [1.807, 2.05) is 6.07 Å². The van der Waals surface area contributed by atoms with Crippen LogP contribution < -0.4 is 19.8 Å². The van der Waals surface area contributed by atoms with E-state index in [-0.39, 0.29) is 12.7 Å². The fourth-order valence-corrected chi connectivity index (χ4v) is 3.55. The Kier molecular flexibility index (Phi) is 4.53. The van der Waals surface area contributed by atoms with Crippen molar-refractivity contribution in [2.45, 2.75) is 0 Å². The molecule has 7 nitrogen and oxygen atoms in total. The van der Waals surface area contributed by atoms with Gasteiger partial charge >= 0.3 is 0 Å². The Bertz CT molecular complexity index is 799. The molecule has 0 unspecified atom stereocenters. The van der Waals surface area contributed by atoms with E-state index in [0.29, 0.717) is 17.1 Å². The standard InChI is InChI=1S/C17H17N3O4S/c21-17(12-1-3-14-15(9-12)24-11-23-14)19-18-10-13-2-4-16(25-13)20-5-7-22-8-6-20/h1-4,9-10H,5-8,11H2,(H,19,21). The van der Waals surface area contributed by atoms with Gasteiger partial charge < -0.3 is 19.1 Å². The molecular weight excluding hydrogens is 342 g/mol. The summed E-state index contributed by atoms with van der Waals surface area (Å²) in [6, 6.07) is 9.10. The molecule has 0 spiro atoms. The second-order valence-electron chi connectivity index (χ2n) is 5.54. The van der Waals surface area contributed by atoms with Crippen molar-refractivity contribution in [1.29, 1.82) is 0 Å². The first kappa shape index (κ1) is 15.9. The lowest BCUT2D eigenvalue weighted by Crippen LogP contribution is -2.35. The van der Waals surface area contributed by atoms with E-state index in [9.17, 15) is 4.79 Å². The van der Waals surface area contributed by atoms with E-state index in [1.165, 1.54) is 5.00 Å². The molecule has 1 saturated heterocycles. The van der Waals surface area contributed by atoms with E-state index >= 15 is 0 Å². The summed E-state index contributed by atoms with van der Waals surface area (Å²) in [5.41, 5.74) is 3.01. The maximum atomic E-state index is 12.1. The molecule has 8 heteroatoms. The van der Waals surface area contributed by atoms with Crippen LogP contribution in [-0.2, 0) is 4.74 Å². The Labute approximate surface area is 148 Å². The van der Waals surface area contributed by atoms with Crippen LogP contribution in [0.5, 0.6) is 11.5 Å². The fourth-order valence-electron chi connectivity index (χ4n) is 2.62. The minimum absolute atomic E-state index is 0.183. The van der Waals surface area contributed by atoms with Crippen LogP contribution in [0.3, 0.4) is 0 Å². The van der Waals surface area contributed by atoms with Crippen molar-refractivity contribution in [3.8, 4) is 11.5 Å². The van der Waals surface area contributed by atoms with Gasteiger partial charge in [-0.1, -0.05) is 0 Å². The minimum atomic E-state index is -0.292. The highest BCUT2D eigenvalue weighted by molar-refractivity contribution is 7.17. The topological polar surface area (TPSA) is 72.4 Å². The lowest BCUT2D eigenvalue weighted by Gasteiger charge is -2.27. The first-order chi connectivity index (χ1) is 12.3. The number of benzene rings is 1. The molecule has 2 aromatic rings. The van der Waals surface area contributed by atoms with E-state index < -0.39 is 0 Å². The molecule has 4 rings (SSSR count). The highest BCUT2D eigenvalue weighted by atomic mass is 32.1. The van der Waals surface area contributed by atoms with Gasteiger partial charge in [0, 0.05) is 23.5 Å². The number of anilines is 1. The molecule has 1 fully saturated rings. The maximum absolute atomic E-state index is 12.1. The molecule has 1 aromatic heterocycles. The molecule has 0 aliphatic carbocycles. The van der Waals surface area contributed by atoms with Gasteiger partial charge in [0.25, 0.3) is 5.91 Å². The van der Waals surface area contributed by atoms with Crippen LogP contribution in [0.15, 0.2) is 35.4 Å². The third-order valence-electron chi connectivity index (χ3n) is 3.93. The number of carbonyl (C=O) groups is 1. The molecule has 0 atom stereocenters. The fraction of sp³-hybridized carbons (Fsp3) is 0.294. The Hall–Kier alpha value is -2.58. The zero-order valence-electron chi connectivity index (χ0n) is 13.4. The lowest BCUT2D eigenvalue weighted by molar-refractivity contribution is 0.0954. The summed E-state index contributed by atoms with van der Waals surface area (Å²) in [6.07, 6.45) is 1.65. The number of thiophene rings is 1. The maximum Gasteiger partial charge on any atom is 0.271 e. The number of rotatable bonds is 4. The first-order valence-corrected chi connectivity index (χ1v) is 8.77. The van der Waals surface area contributed by atoms with Crippen molar-refractivity contribution in [3.05, 3.63) is 40.8 Å². The van der Waals surface area contributed by atoms with Crippen LogP contribution in [0.4, 0.5) is 5.00 Å². The quantitative estimate of drug-likeness (QED) is 0.668. The minimum Gasteiger partial charge on any atom is -0.454 e. The summed E-state index contributed by atoms with van der Waals surface area (Å²) in [5, 5.41) is 5.23. The number of hydrazone groups is 1. The lowest BCUT2D eigenvalue weighted by atomic mass is 10.2. The van der Waals surface area contributed by atoms with Crippen molar-refractivity contribution in [2.24, 2.45) is 5.10 Å². The number of carbonyl (C=O) groups excluding carboxylic acids is 1. The molecule has 1 amide bonds. The third kappa shape index (κ3) is 3.59. The van der Waals surface area contributed by atoms with Gasteiger partial charge in [-0.05, 0) is 30.3 Å². The van der Waals surface area contributed by atoms with Gasteiger partial charge in [0.05, 0.1) is 24.4 Å². The molecule has 0 bridgehead atoms. The Balaban J connectivity index is 1.36. The molecule has 3 heterocycles. The number of hydrogen-bond donors (Lipinski definition) is 1. The third-order valence-corrected chi connectivity index (χ3v) is 5.01. The summed E-state index contributed by atoms with van der Waals surface area (Å²) in [5.74, 6) is 0.929. The normalized spacial score (nSPS) is 16.4. The van der Waals surface area contributed by atoms with Crippen LogP contribution in [0.25, 0.3) is 0 Å². The highest BCUT2D eigenvalue weighted by Crippen LogP contribution is 2.32. The number of morpholine rings is 1. The van der Waals surface area contributed by atoms with E-state index in [2.05, 4.69) is 21.5 Å².